The Balaban J connectivity index is 1.32. The molecule has 1 aliphatic carbocycles. The molecule has 0 saturated heterocycles. The average Bonchev–Trinajstić information content (AvgIpc) is 2.94. The monoisotopic (exact) mass is 314 g/mol. The number of rotatable bonds is 6. The van der Waals surface area contributed by atoms with Crippen LogP contribution in [0.1, 0.15) is 22.8 Å². The van der Waals surface area contributed by atoms with Crippen LogP contribution in [0.5, 0.6) is 0 Å². The lowest BCUT2D eigenvalue weighted by molar-refractivity contribution is 0.627. The van der Waals surface area contributed by atoms with Crippen molar-refractivity contribution < 1.29 is 4.39 Å². The molecule has 0 spiro atoms. The van der Waals surface area contributed by atoms with E-state index in [0.29, 0.717) is 11.8 Å². The summed E-state index contributed by atoms with van der Waals surface area (Å²) in [7, 11) is 0. The molecule has 0 radical (unpaired) electrons. The Morgan fingerprint density at radius 1 is 1.32 bits per heavy atom. The van der Waals surface area contributed by atoms with Crippen molar-refractivity contribution in [3.63, 3.8) is 0 Å². The largest absolute Gasteiger partial charge is 0.361 e. The number of aromatic nitrogens is 1. The molecule has 1 fully saturated rings. The van der Waals surface area contributed by atoms with Gasteiger partial charge in [0.05, 0.1) is 0 Å². The predicted octanol–water partition coefficient (Wildman–Crippen LogP) is 4.30. The third kappa shape index (κ3) is 2.81. The zero-order chi connectivity index (χ0) is 14.9. The molecule has 1 aromatic carbocycles. The summed E-state index contributed by atoms with van der Waals surface area (Å²) < 4.78 is 13.4. The van der Waals surface area contributed by atoms with Gasteiger partial charge in [-0.1, -0.05) is 6.07 Å². The number of hydrogen-bond acceptors (Lipinski definition) is 2. The zero-order valence-corrected chi connectivity index (χ0v) is 13.1. The van der Waals surface area contributed by atoms with Crippen molar-refractivity contribution in [2.75, 3.05) is 13.1 Å². The number of fused-ring (bicyclic) bond motifs is 1. The summed E-state index contributed by atoms with van der Waals surface area (Å²) in [5, 5.41) is 6.73. The Labute approximate surface area is 133 Å². The fraction of sp³-hybridized carbons (Fsp3) is 0.333. The second-order valence-corrected chi connectivity index (χ2v) is 7.10. The van der Waals surface area contributed by atoms with Crippen molar-refractivity contribution in [2.24, 2.45) is 5.92 Å². The third-order valence-electron chi connectivity index (χ3n) is 4.53. The van der Waals surface area contributed by atoms with Crippen LogP contribution in [0.15, 0.2) is 41.9 Å². The lowest BCUT2D eigenvalue weighted by Crippen LogP contribution is -2.20. The van der Waals surface area contributed by atoms with E-state index in [0.717, 1.165) is 30.4 Å². The molecule has 1 aliphatic rings. The number of halogens is 1. The molecule has 2 unspecified atom stereocenters. The Kier molecular flexibility index (Phi) is 3.72. The van der Waals surface area contributed by atoms with Crippen LogP contribution in [-0.4, -0.2) is 18.1 Å². The summed E-state index contributed by atoms with van der Waals surface area (Å²) in [6, 6.07) is 9.28. The topological polar surface area (TPSA) is 27.8 Å². The maximum atomic E-state index is 13.4. The van der Waals surface area contributed by atoms with Gasteiger partial charge in [0.1, 0.15) is 5.82 Å². The van der Waals surface area contributed by atoms with Crippen molar-refractivity contribution >= 4 is 22.2 Å². The molecular formula is C18H19FN2S. The van der Waals surface area contributed by atoms with Gasteiger partial charge in [-0.3, -0.25) is 0 Å². The Bertz CT molecular complexity index is 763. The molecule has 0 bridgehead atoms. The van der Waals surface area contributed by atoms with Crippen LogP contribution in [0.4, 0.5) is 4.39 Å². The van der Waals surface area contributed by atoms with Gasteiger partial charge in [-0.15, -0.1) is 11.3 Å². The highest BCUT2D eigenvalue weighted by atomic mass is 32.1. The van der Waals surface area contributed by atoms with Crippen molar-refractivity contribution in [1.29, 1.82) is 0 Å². The first kappa shape index (κ1) is 14.0. The molecule has 2 aromatic heterocycles. The van der Waals surface area contributed by atoms with Gasteiger partial charge in [0.25, 0.3) is 0 Å². The van der Waals surface area contributed by atoms with E-state index in [4.69, 9.17) is 0 Å². The molecule has 2 atom stereocenters. The number of aromatic amines is 1. The van der Waals surface area contributed by atoms with Gasteiger partial charge in [0.15, 0.2) is 0 Å². The van der Waals surface area contributed by atoms with E-state index in [1.807, 2.05) is 17.4 Å². The van der Waals surface area contributed by atoms with Crippen LogP contribution in [0.25, 0.3) is 10.9 Å². The molecule has 4 rings (SSSR count). The molecular weight excluding hydrogens is 295 g/mol. The van der Waals surface area contributed by atoms with Gasteiger partial charge in [-0.25, -0.2) is 4.39 Å². The molecule has 0 amide bonds. The molecule has 3 aromatic rings. The van der Waals surface area contributed by atoms with Crippen LogP contribution in [0.3, 0.4) is 0 Å². The Morgan fingerprint density at radius 2 is 2.27 bits per heavy atom. The van der Waals surface area contributed by atoms with Crippen molar-refractivity contribution in [3.8, 4) is 0 Å². The molecule has 22 heavy (non-hydrogen) atoms. The molecule has 4 heteroatoms. The van der Waals surface area contributed by atoms with Crippen LogP contribution in [0.2, 0.25) is 0 Å². The van der Waals surface area contributed by atoms with Gasteiger partial charge in [0.2, 0.25) is 0 Å². The van der Waals surface area contributed by atoms with Crippen LogP contribution < -0.4 is 5.32 Å². The van der Waals surface area contributed by atoms with Gasteiger partial charge in [-0.05, 0) is 73.0 Å². The van der Waals surface area contributed by atoms with Crippen LogP contribution in [0, 0.1) is 11.7 Å². The maximum Gasteiger partial charge on any atom is 0.123 e. The van der Waals surface area contributed by atoms with Crippen molar-refractivity contribution in [3.05, 3.63) is 58.2 Å². The van der Waals surface area contributed by atoms with Gasteiger partial charge in [0, 0.05) is 22.0 Å². The van der Waals surface area contributed by atoms with E-state index in [-0.39, 0.29) is 5.82 Å². The second-order valence-electron chi connectivity index (χ2n) is 6.07. The molecule has 2 heterocycles. The summed E-state index contributed by atoms with van der Waals surface area (Å²) >= 11 is 1.82. The number of benzene rings is 1. The average molecular weight is 314 g/mol. The molecule has 0 aliphatic heterocycles. The normalized spacial score (nSPS) is 20.6. The van der Waals surface area contributed by atoms with Gasteiger partial charge in [-0.2, -0.15) is 0 Å². The van der Waals surface area contributed by atoms with E-state index >= 15 is 0 Å². The smallest absolute Gasteiger partial charge is 0.123 e. The number of H-pyrrole nitrogens is 1. The minimum Gasteiger partial charge on any atom is -0.361 e. The summed E-state index contributed by atoms with van der Waals surface area (Å²) in [5.74, 6) is 1.11. The molecule has 114 valence electrons. The van der Waals surface area contributed by atoms with Crippen LogP contribution in [-0.2, 0) is 6.42 Å². The van der Waals surface area contributed by atoms with E-state index in [9.17, 15) is 4.39 Å². The fourth-order valence-corrected chi connectivity index (χ4v) is 3.94. The first-order valence-electron chi connectivity index (χ1n) is 7.81. The van der Waals surface area contributed by atoms with E-state index in [2.05, 4.69) is 34.0 Å². The predicted molar refractivity (Wildman–Crippen MR) is 90.0 cm³/mol. The lowest BCUT2D eigenvalue weighted by atomic mass is 10.1. The van der Waals surface area contributed by atoms with E-state index < -0.39 is 0 Å². The van der Waals surface area contributed by atoms with Crippen molar-refractivity contribution in [1.82, 2.24) is 10.3 Å². The summed E-state index contributed by atoms with van der Waals surface area (Å²) in [6.07, 6.45) is 4.36. The quantitative estimate of drug-likeness (QED) is 0.652. The number of nitrogens with one attached hydrogen (secondary N) is 2. The maximum absolute atomic E-state index is 13.4. The first-order chi connectivity index (χ1) is 10.8. The van der Waals surface area contributed by atoms with E-state index in [1.165, 1.54) is 22.9 Å². The second kappa shape index (κ2) is 5.86. The van der Waals surface area contributed by atoms with Crippen LogP contribution >= 0.6 is 11.3 Å². The van der Waals surface area contributed by atoms with E-state index in [1.54, 1.807) is 6.07 Å². The summed E-state index contributed by atoms with van der Waals surface area (Å²) in [4.78, 5) is 4.69. The molecule has 2 nitrogen and oxygen atoms in total. The highest BCUT2D eigenvalue weighted by Gasteiger charge is 2.39. The Morgan fingerprint density at radius 3 is 3.14 bits per heavy atom. The SMILES string of the molecule is Fc1ccc2[nH]cc(C3CC3CNCCc3cccs3)c2c1. The standard InChI is InChI=1S/C18H19FN2S/c19-13-3-4-18-16(9-13)17(11-21-18)15-8-12(15)10-20-6-5-14-2-1-7-22-14/h1-4,7,9,11-12,15,20-21H,5-6,8,10H2. The van der Waals surface area contributed by atoms with Crippen molar-refractivity contribution in [2.45, 2.75) is 18.8 Å². The summed E-state index contributed by atoms with van der Waals surface area (Å²) in [5.41, 5.74) is 2.31. The number of thiophene rings is 1. The lowest BCUT2D eigenvalue weighted by Gasteiger charge is -2.03. The first-order valence-corrected chi connectivity index (χ1v) is 8.69. The minimum atomic E-state index is -0.153. The fourth-order valence-electron chi connectivity index (χ4n) is 3.23. The molecule has 2 N–H and O–H groups in total. The Hall–Kier alpha value is -1.65. The van der Waals surface area contributed by atoms with Gasteiger partial charge < -0.3 is 10.3 Å². The highest BCUT2D eigenvalue weighted by molar-refractivity contribution is 7.09. The highest BCUT2D eigenvalue weighted by Crippen LogP contribution is 2.49. The summed E-state index contributed by atoms with van der Waals surface area (Å²) in [6.45, 7) is 2.09. The zero-order valence-electron chi connectivity index (χ0n) is 12.3. The number of hydrogen-bond donors (Lipinski definition) is 2. The third-order valence-corrected chi connectivity index (χ3v) is 5.47. The minimum absolute atomic E-state index is 0.153. The van der Waals surface area contributed by atoms with Gasteiger partial charge >= 0.3 is 0 Å². The molecule has 1 saturated carbocycles.